The number of aliphatic hydroxyl groups is 4. The highest BCUT2D eigenvalue weighted by atomic mass is 16.6. The lowest BCUT2D eigenvalue weighted by Gasteiger charge is -2.28. The SMILES string of the molecule is OC[C@H]1O[C@@H](n2cnc3c(NC4CCCCC4O)ncnc32)C(O)C1O. The molecule has 6 atom stereocenters. The van der Waals surface area contributed by atoms with Crippen LogP contribution in [0.2, 0.25) is 0 Å². The second-order valence-corrected chi connectivity index (χ2v) is 6.88. The van der Waals surface area contributed by atoms with E-state index in [4.69, 9.17) is 4.74 Å². The van der Waals surface area contributed by atoms with Gasteiger partial charge in [0, 0.05) is 0 Å². The van der Waals surface area contributed by atoms with Crippen LogP contribution in [0.1, 0.15) is 31.9 Å². The molecule has 2 fully saturated rings. The molecule has 0 radical (unpaired) electrons. The summed E-state index contributed by atoms with van der Waals surface area (Å²) in [5, 5.41) is 42.9. The lowest BCUT2D eigenvalue weighted by molar-refractivity contribution is -0.0511. The van der Waals surface area contributed by atoms with Gasteiger partial charge >= 0.3 is 0 Å². The van der Waals surface area contributed by atoms with Crippen molar-refractivity contribution in [2.45, 2.75) is 62.4 Å². The van der Waals surface area contributed by atoms with Gasteiger partial charge in [-0.05, 0) is 12.8 Å². The molecule has 2 aliphatic rings. The molecule has 1 aliphatic carbocycles. The predicted octanol–water partition coefficient (Wildman–Crippen LogP) is -0.847. The quantitative estimate of drug-likeness (QED) is 0.468. The molecule has 4 unspecified atom stereocenters. The molecule has 0 bridgehead atoms. The van der Waals surface area contributed by atoms with Crippen molar-refractivity contribution in [3.05, 3.63) is 12.7 Å². The van der Waals surface area contributed by atoms with Crippen LogP contribution in [-0.2, 0) is 4.74 Å². The summed E-state index contributed by atoms with van der Waals surface area (Å²) in [7, 11) is 0. The first-order valence-electron chi connectivity index (χ1n) is 8.84. The van der Waals surface area contributed by atoms with E-state index in [9.17, 15) is 20.4 Å². The van der Waals surface area contributed by atoms with Gasteiger partial charge in [-0.15, -0.1) is 0 Å². The van der Waals surface area contributed by atoms with Crippen LogP contribution >= 0.6 is 0 Å². The molecular weight excluding hydrogens is 342 g/mol. The number of aromatic nitrogens is 4. The van der Waals surface area contributed by atoms with Crippen LogP contribution in [-0.4, -0.2) is 77.0 Å². The molecule has 1 saturated carbocycles. The summed E-state index contributed by atoms with van der Waals surface area (Å²) >= 11 is 0. The summed E-state index contributed by atoms with van der Waals surface area (Å²) < 4.78 is 7.06. The van der Waals surface area contributed by atoms with Crippen molar-refractivity contribution in [2.24, 2.45) is 0 Å². The zero-order valence-electron chi connectivity index (χ0n) is 14.1. The molecule has 0 aromatic carbocycles. The van der Waals surface area contributed by atoms with Crippen LogP contribution in [0.25, 0.3) is 11.2 Å². The van der Waals surface area contributed by atoms with Gasteiger partial charge in [0.05, 0.1) is 25.1 Å². The number of imidazole rings is 1. The molecule has 1 aliphatic heterocycles. The van der Waals surface area contributed by atoms with Crippen LogP contribution < -0.4 is 5.32 Å². The van der Waals surface area contributed by atoms with Gasteiger partial charge in [0.1, 0.15) is 24.6 Å². The van der Waals surface area contributed by atoms with Gasteiger partial charge < -0.3 is 30.5 Å². The van der Waals surface area contributed by atoms with E-state index in [0.29, 0.717) is 17.0 Å². The summed E-state index contributed by atoms with van der Waals surface area (Å²) in [6.07, 6.45) is 1.87. The van der Waals surface area contributed by atoms with E-state index in [2.05, 4.69) is 20.3 Å². The molecule has 10 nitrogen and oxygen atoms in total. The molecule has 10 heteroatoms. The van der Waals surface area contributed by atoms with Crippen molar-refractivity contribution in [2.75, 3.05) is 11.9 Å². The molecule has 1 saturated heterocycles. The maximum Gasteiger partial charge on any atom is 0.167 e. The van der Waals surface area contributed by atoms with E-state index in [1.165, 1.54) is 17.2 Å². The Bertz CT molecular complexity index is 771. The molecule has 26 heavy (non-hydrogen) atoms. The topological polar surface area (TPSA) is 146 Å². The Morgan fingerprint density at radius 2 is 1.92 bits per heavy atom. The maximum atomic E-state index is 10.2. The number of hydrogen-bond acceptors (Lipinski definition) is 9. The summed E-state index contributed by atoms with van der Waals surface area (Å²) in [6.45, 7) is -0.400. The number of hydrogen-bond donors (Lipinski definition) is 5. The average molecular weight is 365 g/mol. The Labute approximate surface area is 149 Å². The molecule has 2 aromatic rings. The lowest BCUT2D eigenvalue weighted by Crippen LogP contribution is -2.36. The van der Waals surface area contributed by atoms with Crippen molar-refractivity contribution < 1.29 is 25.2 Å². The van der Waals surface area contributed by atoms with Crippen molar-refractivity contribution in [1.29, 1.82) is 0 Å². The van der Waals surface area contributed by atoms with Crippen molar-refractivity contribution in [1.82, 2.24) is 19.5 Å². The Morgan fingerprint density at radius 1 is 1.12 bits per heavy atom. The molecular formula is C16H23N5O5. The van der Waals surface area contributed by atoms with Gasteiger partial charge in [0.15, 0.2) is 23.2 Å². The fourth-order valence-corrected chi connectivity index (χ4v) is 3.71. The molecule has 3 heterocycles. The number of aliphatic hydroxyl groups excluding tert-OH is 4. The highest BCUT2D eigenvalue weighted by Crippen LogP contribution is 2.32. The standard InChI is InChI=1S/C16H23N5O5/c22-5-10-12(24)13(25)16(26-10)21-7-19-11-14(17-6-18-15(11)21)20-8-3-1-2-4-9(8)23/h6-10,12-13,16,22-25H,1-5H2,(H,17,18,20)/t8?,9?,10-,12?,13?,16-/m1/s1. The number of ether oxygens (including phenoxy) is 1. The highest BCUT2D eigenvalue weighted by molar-refractivity contribution is 5.82. The number of anilines is 1. The first kappa shape index (κ1) is 17.6. The van der Waals surface area contributed by atoms with E-state index in [-0.39, 0.29) is 6.04 Å². The normalized spacial score (nSPS) is 35.1. The Morgan fingerprint density at radius 3 is 2.65 bits per heavy atom. The van der Waals surface area contributed by atoms with Gasteiger partial charge in [-0.2, -0.15) is 0 Å². The van der Waals surface area contributed by atoms with E-state index in [0.717, 1.165) is 25.7 Å². The Hall–Kier alpha value is -1.85. The minimum atomic E-state index is -1.21. The molecule has 4 rings (SSSR count). The van der Waals surface area contributed by atoms with Crippen LogP contribution in [0.4, 0.5) is 5.82 Å². The van der Waals surface area contributed by atoms with Gasteiger partial charge in [0.25, 0.3) is 0 Å². The molecule has 142 valence electrons. The summed E-state index contributed by atoms with van der Waals surface area (Å²) in [5.74, 6) is 0.506. The Kier molecular flexibility index (Phi) is 4.76. The summed E-state index contributed by atoms with van der Waals surface area (Å²) in [5.41, 5.74) is 0.922. The zero-order chi connectivity index (χ0) is 18.3. The van der Waals surface area contributed by atoms with Crippen LogP contribution in [0.15, 0.2) is 12.7 Å². The van der Waals surface area contributed by atoms with E-state index < -0.39 is 37.3 Å². The van der Waals surface area contributed by atoms with E-state index in [1.807, 2.05) is 0 Å². The first-order chi connectivity index (χ1) is 12.6. The molecule has 5 N–H and O–H groups in total. The monoisotopic (exact) mass is 365 g/mol. The highest BCUT2D eigenvalue weighted by Gasteiger charge is 2.44. The fraction of sp³-hybridized carbons (Fsp3) is 0.688. The van der Waals surface area contributed by atoms with E-state index in [1.54, 1.807) is 0 Å². The predicted molar refractivity (Wildman–Crippen MR) is 90.2 cm³/mol. The minimum Gasteiger partial charge on any atom is -0.394 e. The fourth-order valence-electron chi connectivity index (χ4n) is 3.71. The van der Waals surface area contributed by atoms with Gasteiger partial charge in [0.2, 0.25) is 0 Å². The number of nitrogens with one attached hydrogen (secondary N) is 1. The van der Waals surface area contributed by atoms with Gasteiger partial charge in [-0.3, -0.25) is 4.57 Å². The van der Waals surface area contributed by atoms with Crippen LogP contribution in [0.5, 0.6) is 0 Å². The van der Waals surface area contributed by atoms with E-state index >= 15 is 0 Å². The lowest BCUT2D eigenvalue weighted by atomic mass is 9.92. The number of fused-ring (bicyclic) bond motifs is 1. The van der Waals surface area contributed by atoms with Gasteiger partial charge in [-0.25, -0.2) is 15.0 Å². The first-order valence-corrected chi connectivity index (χ1v) is 8.84. The third-order valence-electron chi connectivity index (χ3n) is 5.20. The van der Waals surface area contributed by atoms with Crippen LogP contribution in [0, 0.1) is 0 Å². The van der Waals surface area contributed by atoms with Crippen LogP contribution in [0.3, 0.4) is 0 Å². The largest absolute Gasteiger partial charge is 0.394 e. The van der Waals surface area contributed by atoms with Crippen molar-refractivity contribution >= 4 is 17.0 Å². The average Bonchev–Trinajstić information content (AvgIpc) is 3.19. The molecule has 0 amide bonds. The second-order valence-electron chi connectivity index (χ2n) is 6.88. The Balaban J connectivity index is 1.63. The number of nitrogens with zero attached hydrogens (tertiary/aromatic N) is 4. The molecule has 2 aromatic heterocycles. The number of rotatable bonds is 4. The second kappa shape index (κ2) is 7.05. The smallest absolute Gasteiger partial charge is 0.167 e. The summed E-state index contributed by atoms with van der Waals surface area (Å²) in [4.78, 5) is 12.8. The van der Waals surface area contributed by atoms with Crippen molar-refractivity contribution in [3.8, 4) is 0 Å². The summed E-state index contributed by atoms with van der Waals surface area (Å²) in [6, 6.07) is -0.0964. The third-order valence-corrected chi connectivity index (χ3v) is 5.20. The van der Waals surface area contributed by atoms with Gasteiger partial charge in [-0.1, -0.05) is 12.8 Å². The minimum absolute atomic E-state index is 0.0964. The molecule has 0 spiro atoms. The maximum absolute atomic E-state index is 10.2. The van der Waals surface area contributed by atoms with Crippen molar-refractivity contribution in [3.63, 3.8) is 0 Å². The zero-order valence-corrected chi connectivity index (χ0v) is 14.1. The third kappa shape index (κ3) is 2.93.